The van der Waals surface area contributed by atoms with Gasteiger partial charge in [0.1, 0.15) is 6.61 Å². The van der Waals surface area contributed by atoms with E-state index in [1.54, 1.807) is 13.2 Å². The van der Waals surface area contributed by atoms with Crippen molar-refractivity contribution in [1.82, 2.24) is 15.6 Å². The molecule has 6 nitrogen and oxygen atoms in total. The highest BCUT2D eigenvalue weighted by Crippen LogP contribution is 2.28. The van der Waals surface area contributed by atoms with Crippen LogP contribution in [-0.4, -0.2) is 37.7 Å². The van der Waals surface area contributed by atoms with Gasteiger partial charge in [-0.05, 0) is 36.8 Å². The van der Waals surface area contributed by atoms with Gasteiger partial charge in [-0.1, -0.05) is 36.4 Å². The Morgan fingerprint density at radius 2 is 2.00 bits per heavy atom. The summed E-state index contributed by atoms with van der Waals surface area (Å²) in [6.45, 7) is 3.63. The number of rotatable bonds is 11. The quantitative estimate of drug-likeness (QED) is 0.355. The fourth-order valence-corrected chi connectivity index (χ4v) is 2.73. The van der Waals surface area contributed by atoms with Crippen LogP contribution in [0.2, 0.25) is 0 Å². The molecule has 1 aromatic carbocycles. The van der Waals surface area contributed by atoms with Crippen LogP contribution in [-0.2, 0) is 17.9 Å². The van der Waals surface area contributed by atoms with Crippen LogP contribution in [0.1, 0.15) is 30.4 Å². The van der Waals surface area contributed by atoms with Crippen molar-refractivity contribution in [3.63, 3.8) is 0 Å². The smallest absolute Gasteiger partial charge is 0.218 e. The summed E-state index contributed by atoms with van der Waals surface area (Å²) in [6.07, 6.45) is 5.38. The van der Waals surface area contributed by atoms with E-state index in [2.05, 4.69) is 20.6 Å². The minimum atomic E-state index is 0.499. The average Bonchev–Trinajstić information content (AvgIpc) is 3.57. The highest BCUT2D eigenvalue weighted by Gasteiger charge is 2.20. The van der Waals surface area contributed by atoms with Gasteiger partial charge in [0, 0.05) is 45.1 Å². The lowest BCUT2D eigenvalue weighted by atomic mass is 10.2. The van der Waals surface area contributed by atoms with Crippen LogP contribution in [0.15, 0.2) is 53.7 Å². The van der Waals surface area contributed by atoms with Gasteiger partial charge in [0.05, 0.1) is 0 Å². The zero-order chi connectivity index (χ0) is 19.4. The molecule has 0 amide bonds. The zero-order valence-corrected chi connectivity index (χ0v) is 16.6. The van der Waals surface area contributed by atoms with Gasteiger partial charge >= 0.3 is 0 Å². The molecule has 1 saturated carbocycles. The molecule has 1 aliphatic rings. The third-order valence-corrected chi connectivity index (χ3v) is 4.55. The summed E-state index contributed by atoms with van der Waals surface area (Å²) in [5.41, 5.74) is 2.11. The normalized spacial score (nSPS) is 14.0. The van der Waals surface area contributed by atoms with Crippen molar-refractivity contribution in [1.29, 1.82) is 0 Å². The summed E-state index contributed by atoms with van der Waals surface area (Å²) >= 11 is 0. The predicted molar refractivity (Wildman–Crippen MR) is 111 cm³/mol. The predicted octanol–water partition coefficient (Wildman–Crippen LogP) is 3.14. The van der Waals surface area contributed by atoms with Crippen molar-refractivity contribution in [2.24, 2.45) is 10.9 Å². The molecule has 1 fully saturated rings. The number of nitrogens with one attached hydrogen (secondary N) is 2. The zero-order valence-electron chi connectivity index (χ0n) is 16.6. The topological polar surface area (TPSA) is 67.8 Å². The Labute approximate surface area is 167 Å². The molecule has 0 radical (unpaired) electrons. The van der Waals surface area contributed by atoms with Crippen LogP contribution in [0, 0.1) is 5.92 Å². The van der Waals surface area contributed by atoms with Crippen molar-refractivity contribution in [2.45, 2.75) is 32.4 Å². The van der Waals surface area contributed by atoms with E-state index in [0.29, 0.717) is 19.0 Å². The Hall–Kier alpha value is -2.60. The van der Waals surface area contributed by atoms with E-state index >= 15 is 0 Å². The van der Waals surface area contributed by atoms with E-state index in [0.717, 1.165) is 49.2 Å². The standard InChI is InChI=1S/C22H30N4O2/c1-23-22(25-13-6-14-27-16-19-10-11-19)26-15-20-9-5-12-24-21(20)28-17-18-7-3-2-4-8-18/h2-5,7-9,12,19H,6,10-11,13-17H2,1H3,(H2,23,25,26). The fourth-order valence-electron chi connectivity index (χ4n) is 2.73. The largest absolute Gasteiger partial charge is 0.473 e. The van der Waals surface area contributed by atoms with Gasteiger partial charge in [-0.3, -0.25) is 4.99 Å². The molecule has 6 heteroatoms. The summed E-state index contributed by atoms with van der Waals surface area (Å²) in [5, 5.41) is 6.64. The molecule has 1 aromatic heterocycles. The summed E-state index contributed by atoms with van der Waals surface area (Å²) in [4.78, 5) is 8.65. The Bertz CT molecular complexity index is 732. The lowest BCUT2D eigenvalue weighted by molar-refractivity contribution is 0.123. The number of guanidine groups is 1. The van der Waals surface area contributed by atoms with E-state index in [4.69, 9.17) is 9.47 Å². The summed E-state index contributed by atoms with van der Waals surface area (Å²) in [7, 11) is 1.77. The molecule has 0 saturated heterocycles. The number of pyridine rings is 1. The summed E-state index contributed by atoms with van der Waals surface area (Å²) in [5.74, 6) is 2.23. The number of aliphatic imine (C=N–C) groups is 1. The highest BCUT2D eigenvalue weighted by molar-refractivity contribution is 5.79. The first-order valence-electron chi connectivity index (χ1n) is 9.98. The van der Waals surface area contributed by atoms with Gasteiger partial charge in [0.15, 0.2) is 5.96 Å². The molecule has 0 atom stereocenters. The van der Waals surface area contributed by atoms with Crippen molar-refractivity contribution in [3.8, 4) is 5.88 Å². The lowest BCUT2D eigenvalue weighted by Crippen LogP contribution is -2.37. The van der Waals surface area contributed by atoms with Gasteiger partial charge in [-0.2, -0.15) is 0 Å². The van der Waals surface area contributed by atoms with Crippen LogP contribution in [0.4, 0.5) is 0 Å². The molecule has 2 aromatic rings. The second kappa shape index (κ2) is 11.3. The van der Waals surface area contributed by atoms with Crippen LogP contribution >= 0.6 is 0 Å². The van der Waals surface area contributed by atoms with E-state index in [1.807, 2.05) is 42.5 Å². The second-order valence-electron chi connectivity index (χ2n) is 6.97. The SMILES string of the molecule is CN=C(NCCCOCC1CC1)NCc1cccnc1OCc1ccccc1. The molecule has 0 bridgehead atoms. The van der Waals surface area contributed by atoms with Crippen molar-refractivity contribution in [3.05, 3.63) is 59.8 Å². The Morgan fingerprint density at radius 1 is 1.14 bits per heavy atom. The van der Waals surface area contributed by atoms with Crippen LogP contribution in [0.25, 0.3) is 0 Å². The van der Waals surface area contributed by atoms with Gasteiger partial charge in [0.25, 0.3) is 0 Å². The maximum absolute atomic E-state index is 5.91. The molecule has 1 heterocycles. The molecular formula is C22H30N4O2. The number of nitrogens with zero attached hydrogens (tertiary/aromatic N) is 2. The van der Waals surface area contributed by atoms with Gasteiger partial charge in [-0.25, -0.2) is 4.98 Å². The molecule has 150 valence electrons. The average molecular weight is 383 g/mol. The fraction of sp³-hybridized carbons (Fsp3) is 0.455. The molecule has 0 spiro atoms. The molecule has 3 rings (SSSR count). The Balaban J connectivity index is 1.39. The summed E-state index contributed by atoms with van der Waals surface area (Å²) < 4.78 is 11.6. The van der Waals surface area contributed by atoms with Gasteiger partial charge in [0.2, 0.25) is 5.88 Å². The van der Waals surface area contributed by atoms with E-state index in [-0.39, 0.29) is 0 Å². The molecular weight excluding hydrogens is 352 g/mol. The van der Waals surface area contributed by atoms with E-state index in [9.17, 15) is 0 Å². The number of aromatic nitrogens is 1. The van der Waals surface area contributed by atoms with Crippen LogP contribution < -0.4 is 15.4 Å². The first-order chi connectivity index (χ1) is 13.8. The molecule has 0 unspecified atom stereocenters. The van der Waals surface area contributed by atoms with Crippen LogP contribution in [0.5, 0.6) is 5.88 Å². The van der Waals surface area contributed by atoms with Gasteiger partial charge < -0.3 is 20.1 Å². The maximum Gasteiger partial charge on any atom is 0.218 e. The third-order valence-electron chi connectivity index (χ3n) is 4.55. The Morgan fingerprint density at radius 3 is 2.79 bits per heavy atom. The second-order valence-corrected chi connectivity index (χ2v) is 6.97. The minimum absolute atomic E-state index is 0.499. The van der Waals surface area contributed by atoms with Gasteiger partial charge in [-0.15, -0.1) is 0 Å². The highest BCUT2D eigenvalue weighted by atomic mass is 16.5. The lowest BCUT2D eigenvalue weighted by Gasteiger charge is -2.14. The first kappa shape index (κ1) is 20.1. The number of benzene rings is 1. The molecule has 1 aliphatic carbocycles. The van der Waals surface area contributed by atoms with Crippen molar-refractivity contribution >= 4 is 5.96 Å². The van der Waals surface area contributed by atoms with Crippen molar-refractivity contribution in [2.75, 3.05) is 26.8 Å². The molecule has 2 N–H and O–H groups in total. The van der Waals surface area contributed by atoms with E-state index in [1.165, 1.54) is 12.8 Å². The third kappa shape index (κ3) is 7.19. The first-order valence-corrected chi connectivity index (χ1v) is 9.98. The number of ether oxygens (including phenoxy) is 2. The number of hydrogen-bond acceptors (Lipinski definition) is 4. The summed E-state index contributed by atoms with van der Waals surface area (Å²) in [6, 6.07) is 14.0. The number of hydrogen-bond donors (Lipinski definition) is 2. The Kier molecular flexibility index (Phi) is 8.12. The van der Waals surface area contributed by atoms with E-state index < -0.39 is 0 Å². The van der Waals surface area contributed by atoms with Crippen LogP contribution in [0.3, 0.4) is 0 Å². The minimum Gasteiger partial charge on any atom is -0.473 e. The molecule has 28 heavy (non-hydrogen) atoms. The maximum atomic E-state index is 5.91. The molecule has 0 aliphatic heterocycles. The van der Waals surface area contributed by atoms with Crippen molar-refractivity contribution < 1.29 is 9.47 Å². The monoisotopic (exact) mass is 382 g/mol.